The van der Waals surface area contributed by atoms with Crippen LogP contribution in [0.4, 0.5) is 36.4 Å². The number of nitrogens with zero attached hydrogens (tertiary/aromatic N) is 4. The normalized spacial score (nSPS) is 15.0. The summed E-state index contributed by atoms with van der Waals surface area (Å²) in [6, 6.07) is 4.99. The molecule has 3 heterocycles. The third-order valence-corrected chi connectivity index (χ3v) is 5.75. The number of pyridine rings is 1. The molecule has 1 atom stereocenters. The molecule has 1 aromatic carbocycles. The maximum absolute atomic E-state index is 13.3. The maximum Gasteiger partial charge on any atom is 0.416 e. The Bertz CT molecular complexity index is 1150. The van der Waals surface area contributed by atoms with Gasteiger partial charge in [-0.25, -0.2) is 9.97 Å². The Morgan fingerprint density at radius 2 is 1.91 bits per heavy atom. The minimum absolute atomic E-state index is 0.0495. The Morgan fingerprint density at radius 1 is 1.15 bits per heavy atom. The SMILES string of the molecule is COCCNc1nc(N[C@H](C)c2cc(N)cc(C(F)(F)F)c2)c2cc(N3CCCC3)ncc2n1. The van der Waals surface area contributed by atoms with E-state index in [9.17, 15) is 13.2 Å². The lowest BCUT2D eigenvalue weighted by Gasteiger charge is -2.21. The van der Waals surface area contributed by atoms with Crippen molar-refractivity contribution in [1.82, 2.24) is 15.0 Å². The zero-order valence-electron chi connectivity index (χ0n) is 19.1. The molecule has 1 saturated heterocycles. The Morgan fingerprint density at radius 3 is 2.62 bits per heavy atom. The number of fused-ring (bicyclic) bond motifs is 1. The van der Waals surface area contributed by atoms with Gasteiger partial charge in [-0.15, -0.1) is 0 Å². The smallest absolute Gasteiger partial charge is 0.399 e. The van der Waals surface area contributed by atoms with Gasteiger partial charge < -0.3 is 26.0 Å². The molecule has 34 heavy (non-hydrogen) atoms. The first-order valence-electron chi connectivity index (χ1n) is 11.1. The number of methoxy groups -OCH3 is 1. The van der Waals surface area contributed by atoms with Gasteiger partial charge in [0.15, 0.2) is 0 Å². The van der Waals surface area contributed by atoms with Crippen LogP contribution in [0.5, 0.6) is 0 Å². The maximum atomic E-state index is 13.3. The second-order valence-electron chi connectivity index (χ2n) is 8.32. The topological polar surface area (TPSA) is 101 Å². The molecule has 0 spiro atoms. The quantitative estimate of drug-likeness (QED) is 0.324. The molecule has 182 valence electrons. The van der Waals surface area contributed by atoms with E-state index in [4.69, 9.17) is 10.5 Å². The summed E-state index contributed by atoms with van der Waals surface area (Å²) in [4.78, 5) is 15.9. The van der Waals surface area contributed by atoms with Crippen LogP contribution in [-0.4, -0.2) is 48.3 Å². The molecule has 0 amide bonds. The number of nitrogen functional groups attached to an aromatic ring is 1. The molecule has 0 saturated carbocycles. The van der Waals surface area contributed by atoms with Crippen LogP contribution in [0.1, 0.15) is 36.9 Å². The third-order valence-electron chi connectivity index (χ3n) is 5.75. The molecule has 0 aliphatic carbocycles. The lowest BCUT2D eigenvalue weighted by molar-refractivity contribution is -0.137. The number of nitrogens with two attached hydrogens (primary N) is 1. The molecular weight excluding hydrogens is 447 g/mol. The summed E-state index contributed by atoms with van der Waals surface area (Å²) in [7, 11) is 1.60. The number of alkyl halides is 3. The predicted octanol–water partition coefficient (Wildman–Crippen LogP) is 4.46. The Kier molecular flexibility index (Phi) is 6.92. The van der Waals surface area contributed by atoms with Crippen molar-refractivity contribution >= 4 is 34.2 Å². The third kappa shape index (κ3) is 5.41. The second-order valence-corrected chi connectivity index (χ2v) is 8.32. The van der Waals surface area contributed by atoms with Gasteiger partial charge in [-0.1, -0.05) is 0 Å². The van der Waals surface area contributed by atoms with Crippen molar-refractivity contribution in [2.45, 2.75) is 32.0 Å². The van der Waals surface area contributed by atoms with Gasteiger partial charge in [-0.05, 0) is 49.6 Å². The summed E-state index contributed by atoms with van der Waals surface area (Å²) >= 11 is 0. The van der Waals surface area contributed by atoms with E-state index in [1.165, 1.54) is 6.07 Å². The number of nitrogens with one attached hydrogen (secondary N) is 2. The number of benzene rings is 1. The number of anilines is 4. The summed E-state index contributed by atoms with van der Waals surface area (Å²) in [5, 5.41) is 7.11. The summed E-state index contributed by atoms with van der Waals surface area (Å²) in [5.41, 5.74) is 6.06. The molecule has 0 bridgehead atoms. The number of hydrogen-bond donors (Lipinski definition) is 3. The predicted molar refractivity (Wildman–Crippen MR) is 127 cm³/mol. The molecule has 3 aromatic rings. The Labute approximate surface area is 195 Å². The minimum Gasteiger partial charge on any atom is -0.399 e. The van der Waals surface area contributed by atoms with Crippen molar-refractivity contribution in [3.63, 3.8) is 0 Å². The van der Waals surface area contributed by atoms with Gasteiger partial charge in [0, 0.05) is 37.8 Å². The van der Waals surface area contributed by atoms with Crippen LogP contribution in [-0.2, 0) is 10.9 Å². The highest BCUT2D eigenvalue weighted by molar-refractivity contribution is 5.91. The fourth-order valence-electron chi connectivity index (χ4n) is 3.97. The Balaban J connectivity index is 1.71. The van der Waals surface area contributed by atoms with Gasteiger partial charge in [0.25, 0.3) is 0 Å². The number of ether oxygens (including phenoxy) is 1. The van der Waals surface area contributed by atoms with Gasteiger partial charge in [0.2, 0.25) is 5.95 Å². The summed E-state index contributed by atoms with van der Waals surface area (Å²) in [5.74, 6) is 1.70. The lowest BCUT2D eigenvalue weighted by atomic mass is 10.0. The average molecular weight is 476 g/mol. The van der Waals surface area contributed by atoms with Crippen LogP contribution in [0.15, 0.2) is 30.5 Å². The molecular formula is C23H28F3N7O. The molecule has 0 unspecified atom stereocenters. The Hall–Kier alpha value is -3.34. The zero-order valence-corrected chi connectivity index (χ0v) is 19.1. The van der Waals surface area contributed by atoms with E-state index >= 15 is 0 Å². The van der Waals surface area contributed by atoms with E-state index in [0.29, 0.717) is 36.0 Å². The molecule has 11 heteroatoms. The number of rotatable bonds is 8. The van der Waals surface area contributed by atoms with Crippen molar-refractivity contribution in [2.75, 3.05) is 54.6 Å². The minimum atomic E-state index is -4.49. The van der Waals surface area contributed by atoms with Gasteiger partial charge >= 0.3 is 6.18 Å². The van der Waals surface area contributed by atoms with Crippen LogP contribution < -0.4 is 21.3 Å². The fraction of sp³-hybridized carbons (Fsp3) is 0.435. The molecule has 1 aliphatic rings. The lowest BCUT2D eigenvalue weighted by Crippen LogP contribution is -2.19. The van der Waals surface area contributed by atoms with Crippen LogP contribution in [0.2, 0.25) is 0 Å². The van der Waals surface area contributed by atoms with Crippen molar-refractivity contribution in [1.29, 1.82) is 0 Å². The first-order valence-corrected chi connectivity index (χ1v) is 11.1. The standard InChI is InChI=1S/C23H28F3N7O/c1-14(15-9-16(23(24,25)26)11-17(27)10-15)30-21-18-12-20(33-6-3-4-7-33)29-13-19(18)31-22(32-21)28-5-8-34-2/h9-14H,3-8,27H2,1-2H3,(H2,28,30,31,32)/t14-/m1/s1. The van der Waals surface area contributed by atoms with Gasteiger partial charge in [0.05, 0.1) is 29.9 Å². The zero-order chi connectivity index (χ0) is 24.3. The van der Waals surface area contributed by atoms with E-state index in [2.05, 4.69) is 30.5 Å². The summed E-state index contributed by atoms with van der Waals surface area (Å²) < 4.78 is 45.0. The van der Waals surface area contributed by atoms with Crippen molar-refractivity contribution in [3.8, 4) is 0 Å². The second kappa shape index (κ2) is 9.88. The van der Waals surface area contributed by atoms with E-state index in [0.717, 1.165) is 49.3 Å². The van der Waals surface area contributed by atoms with E-state index in [-0.39, 0.29) is 5.69 Å². The van der Waals surface area contributed by atoms with E-state index in [1.807, 2.05) is 6.07 Å². The fourth-order valence-corrected chi connectivity index (χ4v) is 3.97. The number of hydrogen-bond acceptors (Lipinski definition) is 8. The van der Waals surface area contributed by atoms with Crippen LogP contribution >= 0.6 is 0 Å². The highest BCUT2D eigenvalue weighted by Gasteiger charge is 2.31. The molecule has 4 N–H and O–H groups in total. The van der Waals surface area contributed by atoms with E-state index < -0.39 is 17.8 Å². The highest BCUT2D eigenvalue weighted by atomic mass is 19.4. The first-order chi connectivity index (χ1) is 16.2. The van der Waals surface area contributed by atoms with Crippen LogP contribution in [0.25, 0.3) is 10.9 Å². The van der Waals surface area contributed by atoms with Crippen molar-refractivity contribution in [2.24, 2.45) is 0 Å². The first kappa shape index (κ1) is 23.8. The van der Waals surface area contributed by atoms with Gasteiger partial charge in [-0.3, -0.25) is 0 Å². The van der Waals surface area contributed by atoms with E-state index in [1.54, 1.807) is 20.2 Å². The summed E-state index contributed by atoms with van der Waals surface area (Å²) in [6.45, 7) is 4.59. The molecule has 1 aliphatic heterocycles. The largest absolute Gasteiger partial charge is 0.416 e. The molecule has 2 aromatic heterocycles. The molecule has 0 radical (unpaired) electrons. The number of halogens is 3. The highest BCUT2D eigenvalue weighted by Crippen LogP contribution is 2.34. The monoisotopic (exact) mass is 475 g/mol. The van der Waals surface area contributed by atoms with Crippen molar-refractivity contribution in [3.05, 3.63) is 41.6 Å². The van der Waals surface area contributed by atoms with Gasteiger partial charge in [-0.2, -0.15) is 18.2 Å². The molecule has 4 rings (SSSR count). The molecule has 8 nitrogen and oxygen atoms in total. The van der Waals surface area contributed by atoms with Crippen LogP contribution in [0, 0.1) is 0 Å². The average Bonchev–Trinajstić information content (AvgIpc) is 3.33. The van der Waals surface area contributed by atoms with Crippen LogP contribution in [0.3, 0.4) is 0 Å². The van der Waals surface area contributed by atoms with Crippen molar-refractivity contribution < 1.29 is 17.9 Å². The number of aromatic nitrogens is 3. The van der Waals surface area contributed by atoms with Gasteiger partial charge in [0.1, 0.15) is 11.6 Å². The molecule has 1 fully saturated rings. The summed E-state index contributed by atoms with van der Waals surface area (Å²) in [6.07, 6.45) is -0.570.